The minimum absolute atomic E-state index is 0.0123. The van der Waals surface area contributed by atoms with E-state index >= 15 is 0 Å². The SMILES string of the molecule is N=C(N)c1ccc(-c2cn3ccc(C(=O)N4CCC(OC(=O)O)CC4)cc3n2)cc1. The fourth-order valence-corrected chi connectivity index (χ4v) is 3.58. The summed E-state index contributed by atoms with van der Waals surface area (Å²) in [4.78, 5) is 29.8. The van der Waals surface area contributed by atoms with Gasteiger partial charge in [0.1, 0.15) is 17.6 Å². The number of benzene rings is 1. The van der Waals surface area contributed by atoms with Crippen LogP contribution in [-0.2, 0) is 4.74 Å². The number of amides is 1. The number of hydrogen-bond acceptors (Lipinski definition) is 5. The van der Waals surface area contributed by atoms with Crippen molar-refractivity contribution in [3.05, 3.63) is 59.9 Å². The number of likely N-dealkylation sites (tertiary alicyclic amines) is 1. The number of imidazole rings is 1. The van der Waals surface area contributed by atoms with Crippen molar-refractivity contribution in [2.24, 2.45) is 5.73 Å². The number of pyridine rings is 1. The summed E-state index contributed by atoms with van der Waals surface area (Å²) in [6, 6.07) is 10.7. The van der Waals surface area contributed by atoms with Crippen molar-refractivity contribution in [1.82, 2.24) is 14.3 Å². The second kappa shape index (κ2) is 7.86. The molecule has 30 heavy (non-hydrogen) atoms. The molecule has 0 bridgehead atoms. The molecule has 1 aliphatic heterocycles. The highest BCUT2D eigenvalue weighted by atomic mass is 16.7. The third-order valence-electron chi connectivity index (χ3n) is 5.20. The van der Waals surface area contributed by atoms with E-state index in [-0.39, 0.29) is 17.8 Å². The van der Waals surface area contributed by atoms with Gasteiger partial charge in [-0.3, -0.25) is 10.2 Å². The molecule has 0 spiro atoms. The minimum atomic E-state index is -1.28. The molecule has 1 fully saturated rings. The molecular weight excluding hydrogens is 386 g/mol. The van der Waals surface area contributed by atoms with Gasteiger partial charge in [0.2, 0.25) is 0 Å². The fourth-order valence-electron chi connectivity index (χ4n) is 3.58. The van der Waals surface area contributed by atoms with Crippen molar-refractivity contribution in [3.8, 4) is 11.3 Å². The lowest BCUT2D eigenvalue weighted by atomic mass is 10.1. The van der Waals surface area contributed by atoms with E-state index in [1.165, 1.54) is 0 Å². The first-order chi connectivity index (χ1) is 14.4. The summed E-state index contributed by atoms with van der Waals surface area (Å²) in [5.74, 6) is -0.0973. The van der Waals surface area contributed by atoms with Gasteiger partial charge in [0.05, 0.1) is 5.69 Å². The van der Waals surface area contributed by atoms with E-state index in [1.807, 2.05) is 22.7 Å². The zero-order valence-electron chi connectivity index (χ0n) is 16.1. The van der Waals surface area contributed by atoms with Crippen molar-refractivity contribution in [2.45, 2.75) is 18.9 Å². The van der Waals surface area contributed by atoms with Crippen LogP contribution in [0.25, 0.3) is 16.9 Å². The second-order valence-electron chi connectivity index (χ2n) is 7.17. The average molecular weight is 407 g/mol. The molecule has 1 aliphatic rings. The summed E-state index contributed by atoms with van der Waals surface area (Å²) in [5.41, 5.74) is 8.96. The van der Waals surface area contributed by atoms with Crippen LogP contribution in [0.4, 0.5) is 4.79 Å². The maximum atomic E-state index is 12.9. The van der Waals surface area contributed by atoms with E-state index in [2.05, 4.69) is 4.98 Å². The van der Waals surface area contributed by atoms with E-state index in [9.17, 15) is 9.59 Å². The van der Waals surface area contributed by atoms with Crippen LogP contribution in [-0.4, -0.2) is 56.5 Å². The molecule has 1 amide bonds. The molecule has 9 nitrogen and oxygen atoms in total. The third kappa shape index (κ3) is 3.95. The molecule has 4 rings (SSSR count). The van der Waals surface area contributed by atoms with Crippen molar-refractivity contribution >= 4 is 23.5 Å². The lowest BCUT2D eigenvalue weighted by Crippen LogP contribution is -2.41. The van der Waals surface area contributed by atoms with Gasteiger partial charge >= 0.3 is 6.16 Å². The predicted molar refractivity (Wildman–Crippen MR) is 110 cm³/mol. The van der Waals surface area contributed by atoms with E-state index in [0.717, 1.165) is 11.3 Å². The summed E-state index contributed by atoms with van der Waals surface area (Å²) >= 11 is 0. The number of nitrogens with one attached hydrogen (secondary N) is 1. The standard InChI is InChI=1S/C21H21N5O4/c22-19(23)14-3-1-13(2-4-14)17-12-26-8-5-15(11-18(26)24-17)20(27)25-9-6-16(7-10-25)30-21(28)29/h1-5,8,11-12,16H,6-7,9-10H2,(H3,22,23)(H,28,29). The Labute approximate surface area is 172 Å². The topological polar surface area (TPSA) is 134 Å². The lowest BCUT2D eigenvalue weighted by molar-refractivity contribution is 0.0199. The quantitative estimate of drug-likeness (QED) is 0.346. The van der Waals surface area contributed by atoms with Crippen LogP contribution >= 0.6 is 0 Å². The number of ether oxygens (including phenoxy) is 1. The average Bonchev–Trinajstić information content (AvgIpc) is 3.17. The number of nitrogens with zero attached hydrogens (tertiary/aromatic N) is 3. The number of carboxylic acid groups (broad SMARTS) is 1. The van der Waals surface area contributed by atoms with Gasteiger partial charge < -0.3 is 24.9 Å². The molecular formula is C21H21N5O4. The summed E-state index contributed by atoms with van der Waals surface area (Å²) < 4.78 is 6.64. The maximum Gasteiger partial charge on any atom is 0.506 e. The van der Waals surface area contributed by atoms with Gasteiger partial charge in [-0.2, -0.15) is 0 Å². The Bertz CT molecular complexity index is 1110. The molecule has 0 aliphatic carbocycles. The van der Waals surface area contributed by atoms with Gasteiger partial charge in [-0.25, -0.2) is 9.78 Å². The summed E-state index contributed by atoms with van der Waals surface area (Å²) in [6.07, 6.45) is 3.01. The number of amidine groups is 1. The molecule has 0 unspecified atom stereocenters. The highest BCUT2D eigenvalue weighted by Crippen LogP contribution is 2.22. The largest absolute Gasteiger partial charge is 0.506 e. The number of rotatable bonds is 4. The Morgan fingerprint density at radius 3 is 2.47 bits per heavy atom. The summed E-state index contributed by atoms with van der Waals surface area (Å²) in [7, 11) is 0. The van der Waals surface area contributed by atoms with E-state index in [0.29, 0.717) is 42.7 Å². The highest BCUT2D eigenvalue weighted by molar-refractivity contribution is 5.96. The molecule has 9 heteroatoms. The molecule has 154 valence electrons. The first-order valence-electron chi connectivity index (χ1n) is 9.53. The normalized spacial score (nSPS) is 14.6. The Balaban J connectivity index is 1.50. The Hall–Kier alpha value is -3.88. The van der Waals surface area contributed by atoms with Crippen LogP contribution in [0.2, 0.25) is 0 Å². The molecule has 4 N–H and O–H groups in total. The maximum absolute atomic E-state index is 12.9. The predicted octanol–water partition coefficient (Wildman–Crippen LogP) is 2.58. The van der Waals surface area contributed by atoms with E-state index < -0.39 is 6.16 Å². The summed E-state index contributed by atoms with van der Waals surface area (Å²) in [5, 5.41) is 16.2. The number of carbonyl (C=O) groups excluding carboxylic acids is 1. The molecule has 3 aromatic rings. The van der Waals surface area contributed by atoms with Gasteiger partial charge in [0.15, 0.2) is 0 Å². The van der Waals surface area contributed by atoms with Crippen LogP contribution in [0.3, 0.4) is 0 Å². The monoisotopic (exact) mass is 407 g/mol. The first kappa shape index (κ1) is 19.4. The zero-order valence-corrected chi connectivity index (χ0v) is 16.1. The Kier molecular flexibility index (Phi) is 5.09. The second-order valence-corrected chi connectivity index (χ2v) is 7.17. The smallest absolute Gasteiger partial charge is 0.450 e. The molecule has 0 saturated carbocycles. The van der Waals surface area contributed by atoms with Crippen molar-refractivity contribution < 1.29 is 19.4 Å². The van der Waals surface area contributed by atoms with Crippen LogP contribution in [0.5, 0.6) is 0 Å². The number of nitrogen functional groups attached to an aromatic ring is 1. The Morgan fingerprint density at radius 1 is 1.13 bits per heavy atom. The molecule has 2 aromatic heterocycles. The van der Waals surface area contributed by atoms with Crippen LogP contribution < -0.4 is 5.73 Å². The van der Waals surface area contributed by atoms with Crippen LogP contribution in [0, 0.1) is 5.41 Å². The number of carbonyl (C=O) groups is 2. The van der Waals surface area contributed by atoms with E-state index in [1.54, 1.807) is 35.4 Å². The number of nitrogens with two attached hydrogens (primary N) is 1. The van der Waals surface area contributed by atoms with E-state index in [4.69, 9.17) is 21.0 Å². The minimum Gasteiger partial charge on any atom is -0.450 e. The molecule has 0 atom stereocenters. The van der Waals surface area contributed by atoms with Gasteiger partial charge in [-0.15, -0.1) is 0 Å². The first-order valence-corrected chi connectivity index (χ1v) is 9.53. The third-order valence-corrected chi connectivity index (χ3v) is 5.20. The molecule has 3 heterocycles. The summed E-state index contributed by atoms with van der Waals surface area (Å²) in [6.45, 7) is 0.897. The van der Waals surface area contributed by atoms with Gasteiger partial charge in [0, 0.05) is 55.0 Å². The lowest BCUT2D eigenvalue weighted by Gasteiger charge is -2.31. The van der Waals surface area contributed by atoms with Crippen molar-refractivity contribution in [2.75, 3.05) is 13.1 Å². The van der Waals surface area contributed by atoms with Gasteiger partial charge in [-0.05, 0) is 12.1 Å². The van der Waals surface area contributed by atoms with Crippen molar-refractivity contribution in [1.29, 1.82) is 5.41 Å². The number of hydrogen-bond donors (Lipinski definition) is 3. The van der Waals surface area contributed by atoms with Gasteiger partial charge in [0.25, 0.3) is 5.91 Å². The highest BCUT2D eigenvalue weighted by Gasteiger charge is 2.26. The zero-order chi connectivity index (χ0) is 21.3. The Morgan fingerprint density at radius 2 is 1.83 bits per heavy atom. The molecule has 1 aromatic carbocycles. The van der Waals surface area contributed by atoms with Crippen LogP contribution in [0.15, 0.2) is 48.8 Å². The van der Waals surface area contributed by atoms with Crippen molar-refractivity contribution in [3.63, 3.8) is 0 Å². The van der Waals surface area contributed by atoms with Crippen LogP contribution in [0.1, 0.15) is 28.8 Å². The fraction of sp³-hybridized carbons (Fsp3) is 0.238. The molecule has 0 radical (unpaired) electrons. The number of piperidine rings is 1. The number of aromatic nitrogens is 2. The van der Waals surface area contributed by atoms with Gasteiger partial charge in [-0.1, -0.05) is 24.3 Å². The number of fused-ring (bicyclic) bond motifs is 1. The molecule has 1 saturated heterocycles.